The van der Waals surface area contributed by atoms with Crippen molar-refractivity contribution < 1.29 is 9.59 Å². The van der Waals surface area contributed by atoms with Gasteiger partial charge < -0.3 is 11.1 Å². The highest BCUT2D eigenvalue weighted by Crippen LogP contribution is 2.31. The number of carbonyl (C=O) groups is 2. The molecule has 1 fully saturated rings. The van der Waals surface area contributed by atoms with E-state index in [1.807, 2.05) is 0 Å². The third-order valence-electron chi connectivity index (χ3n) is 6.42. The summed E-state index contributed by atoms with van der Waals surface area (Å²) in [5.74, 6) is -0.544. The van der Waals surface area contributed by atoms with Crippen LogP contribution >= 0.6 is 0 Å². The highest BCUT2D eigenvalue weighted by molar-refractivity contribution is 6.03. The van der Waals surface area contributed by atoms with Gasteiger partial charge in [-0.1, -0.05) is 48.5 Å². The van der Waals surface area contributed by atoms with Gasteiger partial charge in [-0.2, -0.15) is 0 Å². The lowest BCUT2D eigenvalue weighted by Gasteiger charge is -2.38. The minimum atomic E-state index is -0.525. The van der Waals surface area contributed by atoms with Gasteiger partial charge in [0, 0.05) is 25.0 Å². The van der Waals surface area contributed by atoms with Crippen LogP contribution in [0.15, 0.2) is 60.7 Å². The fraction of sp³-hybridized carbons (Fsp3) is 0.360. The fourth-order valence-corrected chi connectivity index (χ4v) is 4.68. The lowest BCUT2D eigenvalue weighted by atomic mass is 9.84. The zero-order valence-electron chi connectivity index (χ0n) is 17.2. The van der Waals surface area contributed by atoms with Gasteiger partial charge in [-0.15, -0.1) is 0 Å². The highest BCUT2D eigenvalue weighted by Gasteiger charge is 2.30. The molecule has 0 unspecified atom stereocenters. The summed E-state index contributed by atoms with van der Waals surface area (Å²) in [6, 6.07) is 18.1. The van der Waals surface area contributed by atoms with Crippen LogP contribution in [0.1, 0.15) is 48.0 Å². The Morgan fingerprint density at radius 2 is 1.63 bits per heavy atom. The molecule has 2 amide bonds. The van der Waals surface area contributed by atoms with Gasteiger partial charge in [0.15, 0.2) is 0 Å². The van der Waals surface area contributed by atoms with Crippen LogP contribution in [0.25, 0.3) is 5.57 Å². The molecular formula is C25H29N3O2. The quantitative estimate of drug-likeness (QED) is 0.790. The summed E-state index contributed by atoms with van der Waals surface area (Å²) in [6.45, 7) is 2.06. The number of hydrogen-bond donors (Lipinski definition) is 2. The largest absolute Gasteiger partial charge is 0.366 e. The van der Waals surface area contributed by atoms with Crippen LogP contribution in [-0.2, 0) is 4.79 Å². The first-order valence-electron chi connectivity index (χ1n) is 10.8. The van der Waals surface area contributed by atoms with Crippen molar-refractivity contribution in [3.8, 4) is 0 Å². The maximum atomic E-state index is 12.7. The molecule has 0 atom stereocenters. The molecule has 0 bridgehead atoms. The molecule has 5 heteroatoms. The van der Waals surface area contributed by atoms with Crippen LogP contribution in [0.3, 0.4) is 0 Å². The predicted octanol–water partition coefficient (Wildman–Crippen LogP) is 4.07. The zero-order valence-corrected chi connectivity index (χ0v) is 17.2. The van der Waals surface area contributed by atoms with Gasteiger partial charge >= 0.3 is 0 Å². The predicted molar refractivity (Wildman–Crippen MR) is 120 cm³/mol. The van der Waals surface area contributed by atoms with E-state index in [1.165, 1.54) is 11.1 Å². The molecular weight excluding hydrogens is 374 g/mol. The number of hydrogen-bond acceptors (Lipinski definition) is 3. The summed E-state index contributed by atoms with van der Waals surface area (Å²) in [5, 5.41) is 2.92. The number of nitrogens with two attached hydrogens (primary N) is 1. The number of anilines is 1. The van der Waals surface area contributed by atoms with Crippen molar-refractivity contribution in [3.05, 3.63) is 71.8 Å². The molecule has 2 aliphatic rings. The van der Waals surface area contributed by atoms with Gasteiger partial charge in [-0.05, 0) is 55.4 Å². The SMILES string of the molecule is NC(=O)c1ccccc1NC(=O)C1CCC(N2CC=C(c3ccccc3)CC2)CC1. The van der Waals surface area contributed by atoms with E-state index in [4.69, 9.17) is 5.73 Å². The Bertz CT molecular complexity index is 930. The molecule has 1 aliphatic heterocycles. The summed E-state index contributed by atoms with van der Waals surface area (Å²) in [7, 11) is 0. The van der Waals surface area contributed by atoms with Crippen LogP contribution in [0, 0.1) is 5.92 Å². The van der Waals surface area contributed by atoms with Crippen LogP contribution < -0.4 is 11.1 Å². The molecule has 5 nitrogen and oxygen atoms in total. The molecule has 0 radical (unpaired) electrons. The van der Waals surface area contributed by atoms with E-state index in [9.17, 15) is 9.59 Å². The summed E-state index contributed by atoms with van der Waals surface area (Å²) >= 11 is 0. The second-order valence-corrected chi connectivity index (χ2v) is 8.24. The third-order valence-corrected chi connectivity index (χ3v) is 6.42. The Morgan fingerprint density at radius 1 is 0.933 bits per heavy atom. The first-order valence-corrected chi connectivity index (χ1v) is 10.8. The van der Waals surface area contributed by atoms with E-state index < -0.39 is 5.91 Å². The van der Waals surface area contributed by atoms with Crippen LogP contribution in [-0.4, -0.2) is 35.8 Å². The molecule has 1 heterocycles. The average Bonchev–Trinajstić information content (AvgIpc) is 2.80. The van der Waals surface area contributed by atoms with Crippen molar-refractivity contribution in [1.29, 1.82) is 0 Å². The number of rotatable bonds is 5. The molecule has 1 saturated carbocycles. The van der Waals surface area contributed by atoms with E-state index in [-0.39, 0.29) is 11.8 Å². The molecule has 3 N–H and O–H groups in total. The van der Waals surface area contributed by atoms with E-state index in [0.717, 1.165) is 45.2 Å². The van der Waals surface area contributed by atoms with Crippen molar-refractivity contribution in [2.45, 2.75) is 38.1 Å². The Labute approximate surface area is 178 Å². The van der Waals surface area contributed by atoms with Crippen molar-refractivity contribution in [3.63, 3.8) is 0 Å². The zero-order chi connectivity index (χ0) is 20.9. The first-order chi connectivity index (χ1) is 14.6. The standard InChI is InChI=1S/C25H29N3O2/c26-24(29)22-8-4-5-9-23(22)27-25(30)20-10-12-21(13-11-20)28-16-14-19(15-17-28)18-6-2-1-3-7-18/h1-9,14,20-21H,10-13,15-17H2,(H2,26,29)(H,27,30). The molecule has 156 valence electrons. The number of nitrogens with one attached hydrogen (secondary N) is 1. The lowest BCUT2D eigenvalue weighted by Crippen LogP contribution is -2.42. The Kier molecular flexibility index (Phi) is 6.29. The van der Waals surface area contributed by atoms with Crippen molar-refractivity contribution in [2.75, 3.05) is 18.4 Å². The van der Waals surface area contributed by atoms with Crippen molar-refractivity contribution in [1.82, 2.24) is 4.90 Å². The van der Waals surface area contributed by atoms with Gasteiger partial charge in [-0.25, -0.2) is 0 Å². The summed E-state index contributed by atoms with van der Waals surface area (Å²) < 4.78 is 0. The molecule has 2 aromatic rings. The summed E-state index contributed by atoms with van der Waals surface area (Å²) in [4.78, 5) is 26.9. The van der Waals surface area contributed by atoms with Crippen LogP contribution in [0.5, 0.6) is 0 Å². The normalized spacial score (nSPS) is 22.2. The fourth-order valence-electron chi connectivity index (χ4n) is 4.68. The molecule has 4 rings (SSSR count). The van der Waals surface area contributed by atoms with Crippen LogP contribution in [0.4, 0.5) is 5.69 Å². The van der Waals surface area contributed by atoms with Gasteiger partial charge in [0.05, 0.1) is 11.3 Å². The Balaban J connectivity index is 1.30. The Morgan fingerprint density at radius 3 is 2.30 bits per heavy atom. The molecule has 0 spiro atoms. The molecule has 2 aromatic carbocycles. The minimum absolute atomic E-state index is 0.00736. The molecule has 0 aromatic heterocycles. The summed E-state index contributed by atoms with van der Waals surface area (Å²) in [5.41, 5.74) is 9.04. The second kappa shape index (κ2) is 9.26. The van der Waals surface area contributed by atoms with E-state index in [0.29, 0.717) is 17.3 Å². The van der Waals surface area contributed by atoms with Gasteiger partial charge in [-0.3, -0.25) is 14.5 Å². The van der Waals surface area contributed by atoms with E-state index in [2.05, 4.69) is 46.6 Å². The molecule has 1 aliphatic carbocycles. The van der Waals surface area contributed by atoms with Gasteiger partial charge in [0.2, 0.25) is 5.91 Å². The smallest absolute Gasteiger partial charge is 0.250 e. The number of carbonyl (C=O) groups excluding carboxylic acids is 2. The highest BCUT2D eigenvalue weighted by atomic mass is 16.2. The van der Waals surface area contributed by atoms with Crippen molar-refractivity contribution in [2.24, 2.45) is 11.7 Å². The van der Waals surface area contributed by atoms with Crippen molar-refractivity contribution >= 4 is 23.1 Å². The lowest BCUT2D eigenvalue weighted by molar-refractivity contribution is -0.121. The molecule has 30 heavy (non-hydrogen) atoms. The topological polar surface area (TPSA) is 75.4 Å². The van der Waals surface area contributed by atoms with Crippen LogP contribution in [0.2, 0.25) is 0 Å². The Hall–Kier alpha value is -2.92. The number of primary amides is 1. The van der Waals surface area contributed by atoms with E-state index >= 15 is 0 Å². The molecule has 0 saturated heterocycles. The number of nitrogens with zero attached hydrogens (tertiary/aromatic N) is 1. The third kappa shape index (κ3) is 4.62. The monoisotopic (exact) mass is 403 g/mol. The van der Waals surface area contributed by atoms with Gasteiger partial charge in [0.25, 0.3) is 5.91 Å². The average molecular weight is 404 g/mol. The first kappa shape index (κ1) is 20.4. The number of benzene rings is 2. The number of para-hydroxylation sites is 1. The van der Waals surface area contributed by atoms with Gasteiger partial charge in [0.1, 0.15) is 0 Å². The van der Waals surface area contributed by atoms with E-state index in [1.54, 1.807) is 24.3 Å². The maximum absolute atomic E-state index is 12.7. The second-order valence-electron chi connectivity index (χ2n) is 8.24. The summed E-state index contributed by atoms with van der Waals surface area (Å²) in [6.07, 6.45) is 7.25. The maximum Gasteiger partial charge on any atom is 0.250 e. The number of amides is 2. The minimum Gasteiger partial charge on any atom is -0.366 e.